The summed E-state index contributed by atoms with van der Waals surface area (Å²) < 4.78 is 6.06. The number of rotatable bonds is 5. The van der Waals surface area contributed by atoms with Crippen LogP contribution >= 0.6 is 0 Å². The largest absolute Gasteiger partial charge is 0.508 e. The van der Waals surface area contributed by atoms with Gasteiger partial charge >= 0.3 is 0 Å². The highest BCUT2D eigenvalue weighted by molar-refractivity contribution is 5.87. The molecule has 0 spiro atoms. The molecule has 5 heteroatoms. The Morgan fingerprint density at radius 1 is 0.618 bits per heavy atom. The van der Waals surface area contributed by atoms with Gasteiger partial charge in [0.15, 0.2) is 0 Å². The molecule has 0 aliphatic carbocycles. The summed E-state index contributed by atoms with van der Waals surface area (Å²) in [5.74, 6) is 1.43. The van der Waals surface area contributed by atoms with Gasteiger partial charge in [-0.1, -0.05) is 18.2 Å². The van der Waals surface area contributed by atoms with Crippen molar-refractivity contribution in [3.63, 3.8) is 0 Å². The van der Waals surface area contributed by atoms with Crippen molar-refractivity contribution in [1.82, 2.24) is 0 Å². The molecule has 34 heavy (non-hydrogen) atoms. The number of nitrogens with zero attached hydrogens (tertiary/aromatic N) is 1. The van der Waals surface area contributed by atoms with Gasteiger partial charge in [0.25, 0.3) is 0 Å². The molecule has 4 rings (SSSR count). The highest BCUT2D eigenvalue weighted by Gasteiger charge is 2.24. The Morgan fingerprint density at radius 2 is 1.21 bits per heavy atom. The van der Waals surface area contributed by atoms with Gasteiger partial charge in [0.1, 0.15) is 28.7 Å². The molecule has 0 aliphatic rings. The Kier molecular flexibility index (Phi) is 6.12. The first-order chi connectivity index (χ1) is 16.2. The van der Waals surface area contributed by atoms with Crippen LogP contribution in [-0.2, 0) is 0 Å². The second-order valence-corrected chi connectivity index (χ2v) is 8.69. The number of benzene rings is 4. The van der Waals surface area contributed by atoms with Crippen LogP contribution in [0.25, 0.3) is 0 Å². The SMILES string of the molecule is Cc1cc(O)cc(Oc2cccc(N(c3c(O)ccc(C)c3C)c3c(O)ccc(C)c3C)c2)c1. The fourth-order valence-corrected chi connectivity index (χ4v) is 4.12. The van der Waals surface area contributed by atoms with Crippen LogP contribution in [0, 0.1) is 34.6 Å². The number of anilines is 3. The summed E-state index contributed by atoms with van der Waals surface area (Å²) >= 11 is 0. The van der Waals surface area contributed by atoms with Crippen molar-refractivity contribution in [3.8, 4) is 28.7 Å². The van der Waals surface area contributed by atoms with Crippen LogP contribution in [0.15, 0.2) is 66.7 Å². The lowest BCUT2D eigenvalue weighted by Crippen LogP contribution is -2.14. The van der Waals surface area contributed by atoms with Gasteiger partial charge in [0.2, 0.25) is 0 Å². The topological polar surface area (TPSA) is 73.2 Å². The van der Waals surface area contributed by atoms with Crippen molar-refractivity contribution >= 4 is 17.1 Å². The van der Waals surface area contributed by atoms with Crippen LogP contribution in [0.4, 0.5) is 17.1 Å². The molecule has 0 unspecified atom stereocenters. The quantitative estimate of drug-likeness (QED) is 0.289. The molecule has 0 heterocycles. The van der Waals surface area contributed by atoms with Crippen molar-refractivity contribution in [1.29, 1.82) is 0 Å². The van der Waals surface area contributed by atoms with Crippen molar-refractivity contribution in [2.24, 2.45) is 0 Å². The molecule has 0 fully saturated rings. The van der Waals surface area contributed by atoms with Gasteiger partial charge in [0.05, 0.1) is 17.1 Å². The summed E-state index contributed by atoms with van der Waals surface area (Å²) in [6.45, 7) is 9.77. The second-order valence-electron chi connectivity index (χ2n) is 8.69. The fourth-order valence-electron chi connectivity index (χ4n) is 4.12. The van der Waals surface area contributed by atoms with Gasteiger partial charge in [-0.25, -0.2) is 0 Å². The third kappa shape index (κ3) is 4.37. The summed E-state index contributed by atoms with van der Waals surface area (Å²) in [6, 6.07) is 19.6. The van der Waals surface area contributed by atoms with Crippen molar-refractivity contribution in [2.75, 3.05) is 4.90 Å². The van der Waals surface area contributed by atoms with E-state index in [2.05, 4.69) is 0 Å². The highest BCUT2D eigenvalue weighted by atomic mass is 16.5. The normalized spacial score (nSPS) is 10.9. The average Bonchev–Trinajstić information content (AvgIpc) is 2.77. The van der Waals surface area contributed by atoms with E-state index in [0.717, 1.165) is 27.8 Å². The summed E-state index contributed by atoms with van der Waals surface area (Å²) in [5.41, 5.74) is 6.61. The third-order valence-electron chi connectivity index (χ3n) is 6.16. The average molecular weight is 456 g/mol. The van der Waals surface area contributed by atoms with Crippen LogP contribution in [0.3, 0.4) is 0 Å². The number of ether oxygens (including phenoxy) is 1. The van der Waals surface area contributed by atoms with Gasteiger partial charge in [0, 0.05) is 12.1 Å². The van der Waals surface area contributed by atoms with E-state index < -0.39 is 0 Å². The molecule has 0 saturated carbocycles. The maximum absolute atomic E-state index is 10.9. The van der Waals surface area contributed by atoms with E-state index >= 15 is 0 Å². The summed E-state index contributed by atoms with van der Waals surface area (Å²) in [5, 5.41) is 31.8. The molecule has 3 N–H and O–H groups in total. The number of phenolic OH excluding ortho intramolecular Hbond substituents is 3. The standard InChI is InChI=1S/C29H29NO4/c1-17-13-23(31)16-25(14-17)34-24-8-6-7-22(15-24)30(28-20(4)18(2)9-11-26(28)32)29-21(5)19(3)10-12-27(29)33/h6-16,31-33H,1-5H3. The number of hydrogen-bond donors (Lipinski definition) is 3. The Bertz CT molecular complexity index is 1300. The van der Waals surface area contributed by atoms with Gasteiger partial charge in [-0.3, -0.25) is 0 Å². The molecule has 0 atom stereocenters. The zero-order chi connectivity index (χ0) is 24.6. The van der Waals surface area contributed by atoms with Crippen molar-refractivity contribution in [3.05, 3.63) is 94.5 Å². The Hall–Kier alpha value is -4.12. The van der Waals surface area contributed by atoms with Crippen LogP contribution in [0.2, 0.25) is 0 Å². The Labute approximate surface area is 200 Å². The van der Waals surface area contributed by atoms with E-state index in [0.29, 0.717) is 28.6 Å². The molecule has 0 aliphatic heterocycles. The molecule has 4 aromatic carbocycles. The van der Waals surface area contributed by atoms with Crippen LogP contribution < -0.4 is 9.64 Å². The van der Waals surface area contributed by atoms with Crippen LogP contribution in [0.5, 0.6) is 28.7 Å². The maximum atomic E-state index is 10.9. The summed E-state index contributed by atoms with van der Waals surface area (Å²) in [7, 11) is 0. The third-order valence-corrected chi connectivity index (χ3v) is 6.16. The molecule has 5 nitrogen and oxygen atoms in total. The predicted molar refractivity (Wildman–Crippen MR) is 136 cm³/mol. The molecule has 0 aromatic heterocycles. The molecule has 4 aromatic rings. The molecular formula is C29H29NO4. The lowest BCUT2D eigenvalue weighted by molar-refractivity contribution is 0.454. The smallest absolute Gasteiger partial charge is 0.139 e. The van der Waals surface area contributed by atoms with E-state index in [4.69, 9.17) is 4.74 Å². The Balaban J connectivity index is 1.92. The minimum absolute atomic E-state index is 0.110. The van der Waals surface area contributed by atoms with Gasteiger partial charge in [-0.15, -0.1) is 0 Å². The number of aromatic hydroxyl groups is 3. The zero-order valence-corrected chi connectivity index (χ0v) is 20.0. The number of hydrogen-bond acceptors (Lipinski definition) is 5. The molecule has 174 valence electrons. The molecule has 0 radical (unpaired) electrons. The van der Waals surface area contributed by atoms with Gasteiger partial charge in [-0.05, 0) is 98.8 Å². The van der Waals surface area contributed by atoms with Gasteiger partial charge in [-0.2, -0.15) is 0 Å². The highest BCUT2D eigenvalue weighted by Crippen LogP contribution is 2.48. The van der Waals surface area contributed by atoms with Crippen LogP contribution in [-0.4, -0.2) is 15.3 Å². The lowest BCUT2D eigenvalue weighted by atomic mass is 10.0. The number of phenols is 3. The summed E-state index contributed by atoms with van der Waals surface area (Å²) in [6.07, 6.45) is 0. The van der Waals surface area contributed by atoms with Gasteiger partial charge < -0.3 is 25.0 Å². The van der Waals surface area contributed by atoms with E-state index in [9.17, 15) is 15.3 Å². The molecule has 0 saturated heterocycles. The monoisotopic (exact) mass is 455 g/mol. The van der Waals surface area contributed by atoms with E-state index in [1.165, 1.54) is 0 Å². The molecular weight excluding hydrogens is 426 g/mol. The van der Waals surface area contributed by atoms with E-state index in [1.807, 2.05) is 82.0 Å². The van der Waals surface area contributed by atoms with Crippen molar-refractivity contribution < 1.29 is 20.1 Å². The minimum atomic E-state index is 0.110. The van der Waals surface area contributed by atoms with Crippen molar-refractivity contribution in [2.45, 2.75) is 34.6 Å². The predicted octanol–water partition coefficient (Wildman–Crippen LogP) is 7.61. The second kappa shape index (κ2) is 9.02. The lowest BCUT2D eigenvalue weighted by Gasteiger charge is -2.31. The molecule has 0 amide bonds. The molecule has 0 bridgehead atoms. The zero-order valence-electron chi connectivity index (χ0n) is 20.0. The maximum Gasteiger partial charge on any atom is 0.139 e. The van der Waals surface area contributed by atoms with E-state index in [1.54, 1.807) is 24.3 Å². The Morgan fingerprint density at radius 3 is 1.76 bits per heavy atom. The fraction of sp³-hybridized carbons (Fsp3) is 0.172. The summed E-state index contributed by atoms with van der Waals surface area (Å²) in [4.78, 5) is 1.87. The number of aryl methyl sites for hydroxylation is 3. The minimum Gasteiger partial charge on any atom is -0.508 e. The first-order valence-corrected chi connectivity index (χ1v) is 11.1. The van der Waals surface area contributed by atoms with Crippen LogP contribution in [0.1, 0.15) is 27.8 Å². The first kappa shape index (κ1) is 23.1. The van der Waals surface area contributed by atoms with E-state index in [-0.39, 0.29) is 17.2 Å². The first-order valence-electron chi connectivity index (χ1n) is 11.1.